The maximum Gasteiger partial charge on any atom is 0.238 e. The second-order valence-corrected chi connectivity index (χ2v) is 14.5. The van der Waals surface area contributed by atoms with Crippen LogP contribution in [0.1, 0.15) is 0 Å². The summed E-state index contributed by atoms with van der Waals surface area (Å²) in [6, 6.07) is 51.6. The molecule has 4 heterocycles. The second-order valence-electron chi connectivity index (χ2n) is 12.4. The number of benzene rings is 7. The molecule has 0 fully saturated rings. The topological polar surface area (TPSA) is 43.6 Å². The zero-order valence-electron chi connectivity index (χ0n) is 26.0. The first-order chi connectivity index (χ1) is 24.3. The number of fused-ring (bicyclic) bond motifs is 13. The Balaban J connectivity index is 1.30. The van der Waals surface area contributed by atoms with Crippen LogP contribution in [0.3, 0.4) is 0 Å². The van der Waals surface area contributed by atoms with E-state index in [1.165, 1.54) is 61.9 Å². The van der Waals surface area contributed by atoms with Gasteiger partial charge in [0, 0.05) is 62.9 Å². The molecule has 0 saturated heterocycles. The molecule has 4 aromatic heterocycles. The number of rotatable bonds is 3. The Hall–Kier alpha value is -5.95. The Morgan fingerprint density at radius 3 is 1.73 bits per heavy atom. The molecule has 0 radical (unpaired) electrons. The SMILES string of the molecule is c1ccc(-c2nc(-c3ccccc3)nc(-n3c4ccccc4c4ccc5c(sc6ccc7ccc8sc9ccccc9c8c7c65)c43)n2)cc1. The van der Waals surface area contributed by atoms with Crippen molar-refractivity contribution in [2.45, 2.75) is 0 Å². The molecule has 0 atom stereocenters. The van der Waals surface area contributed by atoms with Gasteiger partial charge in [0.25, 0.3) is 0 Å². The minimum absolute atomic E-state index is 0.611. The average molecular weight is 661 g/mol. The number of nitrogens with zero attached hydrogens (tertiary/aromatic N) is 4. The predicted octanol–water partition coefficient (Wildman–Crippen LogP) is 12.2. The lowest BCUT2D eigenvalue weighted by molar-refractivity contribution is 0.955. The van der Waals surface area contributed by atoms with E-state index in [0.29, 0.717) is 17.6 Å². The molecule has 0 saturated carbocycles. The Bertz CT molecular complexity index is 3040. The Morgan fingerprint density at radius 2 is 1.00 bits per heavy atom. The molecule has 6 heteroatoms. The van der Waals surface area contributed by atoms with Gasteiger partial charge in [-0.3, -0.25) is 4.57 Å². The molecule has 0 N–H and O–H groups in total. The molecule has 0 aliphatic heterocycles. The zero-order chi connectivity index (χ0) is 32.1. The summed E-state index contributed by atoms with van der Waals surface area (Å²) >= 11 is 3.73. The largest absolute Gasteiger partial charge is 0.276 e. The summed E-state index contributed by atoms with van der Waals surface area (Å²) in [5.41, 5.74) is 4.10. The number of thiophene rings is 2. The third-order valence-electron chi connectivity index (χ3n) is 9.65. The van der Waals surface area contributed by atoms with Crippen molar-refractivity contribution >= 4 is 95.6 Å². The summed E-state index contributed by atoms with van der Waals surface area (Å²) in [6.45, 7) is 0. The second kappa shape index (κ2) is 10.3. The lowest BCUT2D eigenvalue weighted by atomic mass is 9.98. The average Bonchev–Trinajstić information content (AvgIpc) is 3.85. The standard InChI is InChI=1S/C43H24N4S2/c1-3-11-26(12-4-1)41-44-42(27-13-5-2-6-14-27)46-43(45-41)47-32-17-9-7-15-28(32)29-21-22-31-38-35(49-40(31)39(29)47)24-20-25-19-23-34-37(36(25)38)30-16-8-10-18-33(30)48-34/h1-24H. The highest BCUT2D eigenvalue weighted by Gasteiger charge is 2.22. The predicted molar refractivity (Wildman–Crippen MR) is 208 cm³/mol. The molecule has 7 aromatic carbocycles. The van der Waals surface area contributed by atoms with Crippen LogP contribution < -0.4 is 0 Å². The maximum atomic E-state index is 5.20. The monoisotopic (exact) mass is 660 g/mol. The molecule has 11 rings (SSSR count). The van der Waals surface area contributed by atoms with Crippen molar-refractivity contribution in [3.8, 4) is 28.7 Å². The van der Waals surface area contributed by atoms with E-state index in [1.807, 2.05) is 59.1 Å². The van der Waals surface area contributed by atoms with Crippen molar-refractivity contribution in [2.24, 2.45) is 0 Å². The fourth-order valence-corrected chi connectivity index (χ4v) is 9.87. The molecular formula is C43H24N4S2. The van der Waals surface area contributed by atoms with Crippen LogP contribution >= 0.6 is 22.7 Å². The first kappa shape index (κ1) is 27.0. The molecule has 0 spiro atoms. The normalized spacial score (nSPS) is 12.1. The third-order valence-corrected chi connectivity index (χ3v) is 12.0. The van der Waals surface area contributed by atoms with Crippen LogP contribution in [0.4, 0.5) is 0 Å². The zero-order valence-corrected chi connectivity index (χ0v) is 27.6. The van der Waals surface area contributed by atoms with E-state index in [4.69, 9.17) is 15.0 Å². The van der Waals surface area contributed by atoms with E-state index in [-0.39, 0.29) is 0 Å². The highest BCUT2D eigenvalue weighted by atomic mass is 32.1. The van der Waals surface area contributed by atoms with Gasteiger partial charge in [-0.15, -0.1) is 22.7 Å². The number of para-hydroxylation sites is 1. The van der Waals surface area contributed by atoms with Crippen LogP contribution in [0.5, 0.6) is 0 Å². The first-order valence-electron chi connectivity index (χ1n) is 16.3. The molecule has 11 aromatic rings. The molecular weight excluding hydrogens is 637 g/mol. The van der Waals surface area contributed by atoms with Gasteiger partial charge in [0.15, 0.2) is 11.6 Å². The smallest absolute Gasteiger partial charge is 0.238 e. The van der Waals surface area contributed by atoms with Gasteiger partial charge in [-0.1, -0.05) is 121 Å². The van der Waals surface area contributed by atoms with E-state index >= 15 is 0 Å². The first-order valence-corrected chi connectivity index (χ1v) is 17.9. The van der Waals surface area contributed by atoms with Gasteiger partial charge in [-0.05, 0) is 29.7 Å². The van der Waals surface area contributed by atoms with Crippen LogP contribution in [-0.4, -0.2) is 19.5 Å². The summed E-state index contributed by atoms with van der Waals surface area (Å²) in [5, 5.41) is 10.2. The molecule has 4 nitrogen and oxygen atoms in total. The van der Waals surface area contributed by atoms with E-state index in [0.717, 1.165) is 22.2 Å². The fourth-order valence-electron chi connectivity index (χ4n) is 7.51. The van der Waals surface area contributed by atoms with Crippen molar-refractivity contribution in [3.63, 3.8) is 0 Å². The lowest BCUT2D eigenvalue weighted by Crippen LogP contribution is -2.06. The van der Waals surface area contributed by atoms with Crippen LogP contribution in [0, 0.1) is 0 Å². The van der Waals surface area contributed by atoms with Crippen LogP contribution in [0.25, 0.3) is 102 Å². The molecule has 0 bridgehead atoms. The lowest BCUT2D eigenvalue weighted by Gasteiger charge is -2.11. The van der Waals surface area contributed by atoms with E-state index in [9.17, 15) is 0 Å². The summed E-state index contributed by atoms with van der Waals surface area (Å²) in [6.07, 6.45) is 0. The van der Waals surface area contributed by atoms with E-state index < -0.39 is 0 Å². The fraction of sp³-hybridized carbons (Fsp3) is 0. The van der Waals surface area contributed by atoms with Crippen LogP contribution in [-0.2, 0) is 0 Å². The minimum atomic E-state index is 0.611. The summed E-state index contributed by atoms with van der Waals surface area (Å²) in [7, 11) is 0. The molecule has 228 valence electrons. The quantitative estimate of drug-likeness (QED) is 0.189. The summed E-state index contributed by atoms with van der Waals surface area (Å²) in [5.74, 6) is 1.91. The van der Waals surface area contributed by atoms with Crippen LogP contribution in [0.15, 0.2) is 146 Å². The van der Waals surface area contributed by atoms with E-state index in [1.54, 1.807) is 0 Å². The van der Waals surface area contributed by atoms with Gasteiger partial charge in [0.1, 0.15) is 0 Å². The van der Waals surface area contributed by atoms with Gasteiger partial charge in [0.05, 0.1) is 15.7 Å². The highest BCUT2D eigenvalue weighted by Crippen LogP contribution is 2.48. The molecule has 0 aliphatic rings. The maximum absolute atomic E-state index is 5.20. The number of aromatic nitrogens is 4. The van der Waals surface area contributed by atoms with Crippen molar-refractivity contribution in [1.82, 2.24) is 19.5 Å². The Labute approximate surface area is 288 Å². The van der Waals surface area contributed by atoms with Gasteiger partial charge in [-0.2, -0.15) is 9.97 Å². The molecule has 0 unspecified atom stereocenters. The third kappa shape index (κ3) is 3.93. The Morgan fingerprint density at radius 1 is 0.408 bits per heavy atom. The van der Waals surface area contributed by atoms with Crippen molar-refractivity contribution in [3.05, 3.63) is 146 Å². The van der Waals surface area contributed by atoms with E-state index in [2.05, 4.69) is 114 Å². The van der Waals surface area contributed by atoms with Gasteiger partial charge in [-0.25, -0.2) is 4.98 Å². The van der Waals surface area contributed by atoms with Crippen molar-refractivity contribution in [1.29, 1.82) is 0 Å². The molecule has 0 aliphatic carbocycles. The molecule has 0 amide bonds. The van der Waals surface area contributed by atoms with Crippen molar-refractivity contribution in [2.75, 3.05) is 0 Å². The summed E-state index contributed by atoms with van der Waals surface area (Å²) < 4.78 is 7.42. The Kier molecular flexibility index (Phi) is 5.67. The summed E-state index contributed by atoms with van der Waals surface area (Å²) in [4.78, 5) is 15.4. The number of hydrogen-bond donors (Lipinski definition) is 0. The van der Waals surface area contributed by atoms with Crippen molar-refractivity contribution < 1.29 is 0 Å². The molecule has 49 heavy (non-hydrogen) atoms. The number of hydrogen-bond acceptors (Lipinski definition) is 5. The van der Waals surface area contributed by atoms with Crippen LogP contribution in [0.2, 0.25) is 0 Å². The van der Waals surface area contributed by atoms with Gasteiger partial charge >= 0.3 is 0 Å². The minimum Gasteiger partial charge on any atom is -0.276 e. The highest BCUT2D eigenvalue weighted by molar-refractivity contribution is 7.27. The van der Waals surface area contributed by atoms with Gasteiger partial charge in [0.2, 0.25) is 5.95 Å². The van der Waals surface area contributed by atoms with Gasteiger partial charge < -0.3 is 0 Å².